The molecule has 0 N–H and O–H groups in total. The summed E-state index contributed by atoms with van der Waals surface area (Å²) >= 11 is 0. The van der Waals surface area contributed by atoms with Crippen molar-refractivity contribution in [2.24, 2.45) is 10.8 Å². The van der Waals surface area contributed by atoms with Gasteiger partial charge >= 0.3 is 0 Å². The van der Waals surface area contributed by atoms with E-state index in [-0.39, 0.29) is 0 Å². The molecule has 0 unspecified atom stereocenters. The van der Waals surface area contributed by atoms with E-state index in [4.69, 9.17) is 0 Å². The molecule has 0 radical (unpaired) electrons. The second-order valence-electron chi connectivity index (χ2n) is 6.68. The molecule has 0 aliphatic rings. The van der Waals surface area contributed by atoms with Gasteiger partial charge in [-0.2, -0.15) is 0 Å². The molecule has 0 heteroatoms. The third-order valence-corrected chi connectivity index (χ3v) is 2.99. The molecular formula is C14H30. The first kappa shape index (κ1) is 14.0. The predicted octanol–water partition coefficient (Wildman–Crippen LogP) is 5.42. The minimum Gasteiger partial charge on any atom is -0.0654 e. The molecule has 0 aromatic rings. The molecule has 0 saturated heterocycles. The highest BCUT2D eigenvalue weighted by molar-refractivity contribution is 4.70. The zero-order chi connectivity index (χ0) is 11.2. The number of unbranched alkanes of at least 4 members (excludes halogenated alkanes) is 1. The monoisotopic (exact) mass is 198 g/mol. The van der Waals surface area contributed by atoms with Crippen molar-refractivity contribution in [2.45, 2.75) is 80.1 Å². The molecule has 0 aliphatic carbocycles. The molecule has 0 heterocycles. The van der Waals surface area contributed by atoms with Gasteiger partial charge in [-0.05, 0) is 30.1 Å². The van der Waals surface area contributed by atoms with Crippen LogP contribution in [0.3, 0.4) is 0 Å². The second kappa shape index (κ2) is 5.78. The Morgan fingerprint density at radius 2 is 1.21 bits per heavy atom. The summed E-state index contributed by atoms with van der Waals surface area (Å²) in [4.78, 5) is 0. The zero-order valence-corrected chi connectivity index (χ0v) is 11.2. The average Bonchev–Trinajstić information content (AvgIpc) is 1.98. The first-order chi connectivity index (χ1) is 6.27. The molecule has 0 bridgehead atoms. The number of hydrogen-bond acceptors (Lipinski definition) is 0. The van der Waals surface area contributed by atoms with Crippen LogP contribution in [0.5, 0.6) is 0 Å². The van der Waals surface area contributed by atoms with Gasteiger partial charge in [0.25, 0.3) is 0 Å². The molecule has 0 amide bonds. The Labute approximate surface area is 91.5 Å². The van der Waals surface area contributed by atoms with Gasteiger partial charge in [-0.15, -0.1) is 0 Å². The number of rotatable bonds is 6. The third kappa shape index (κ3) is 8.59. The van der Waals surface area contributed by atoms with E-state index in [2.05, 4.69) is 41.5 Å². The van der Waals surface area contributed by atoms with Crippen molar-refractivity contribution >= 4 is 0 Å². The van der Waals surface area contributed by atoms with Gasteiger partial charge in [0.2, 0.25) is 0 Å². The normalized spacial score (nSPS) is 13.3. The fourth-order valence-corrected chi connectivity index (χ4v) is 1.88. The highest BCUT2D eigenvalue weighted by atomic mass is 14.2. The first-order valence-electron chi connectivity index (χ1n) is 6.27. The fraction of sp³-hybridized carbons (Fsp3) is 1.00. The molecule has 0 saturated carbocycles. The molecule has 0 nitrogen and oxygen atoms in total. The summed E-state index contributed by atoms with van der Waals surface area (Å²) < 4.78 is 0. The summed E-state index contributed by atoms with van der Waals surface area (Å²) in [6, 6.07) is 0. The van der Waals surface area contributed by atoms with Crippen LogP contribution in [0.1, 0.15) is 80.1 Å². The topological polar surface area (TPSA) is 0 Å². The molecule has 0 aromatic carbocycles. The van der Waals surface area contributed by atoms with E-state index in [9.17, 15) is 0 Å². The summed E-state index contributed by atoms with van der Waals surface area (Å²) in [6.45, 7) is 14.1. The smallest absolute Gasteiger partial charge is 0.0354 e. The maximum absolute atomic E-state index is 2.42. The zero-order valence-electron chi connectivity index (χ0n) is 11.2. The molecule has 14 heavy (non-hydrogen) atoms. The highest BCUT2D eigenvalue weighted by Crippen LogP contribution is 2.32. The van der Waals surface area contributed by atoms with Crippen molar-refractivity contribution in [1.82, 2.24) is 0 Å². The Bertz CT molecular complexity index is 137. The molecule has 0 aliphatic heterocycles. The Morgan fingerprint density at radius 3 is 1.64 bits per heavy atom. The largest absolute Gasteiger partial charge is 0.0654 e. The second-order valence-corrected chi connectivity index (χ2v) is 6.68. The summed E-state index contributed by atoms with van der Waals surface area (Å²) in [5, 5.41) is 0. The van der Waals surface area contributed by atoms with Crippen LogP contribution in [0.25, 0.3) is 0 Å². The maximum Gasteiger partial charge on any atom is -0.0354 e. The van der Waals surface area contributed by atoms with Gasteiger partial charge in [0.15, 0.2) is 0 Å². The van der Waals surface area contributed by atoms with E-state index in [0.717, 1.165) is 0 Å². The summed E-state index contributed by atoms with van der Waals surface area (Å²) in [5.41, 5.74) is 1.09. The van der Waals surface area contributed by atoms with Crippen LogP contribution in [0.4, 0.5) is 0 Å². The van der Waals surface area contributed by atoms with Crippen LogP contribution in [-0.4, -0.2) is 0 Å². The maximum atomic E-state index is 2.42. The van der Waals surface area contributed by atoms with Gasteiger partial charge in [0.1, 0.15) is 0 Å². The van der Waals surface area contributed by atoms with E-state index in [1.807, 2.05) is 0 Å². The average molecular weight is 198 g/mol. The third-order valence-electron chi connectivity index (χ3n) is 2.99. The fourth-order valence-electron chi connectivity index (χ4n) is 1.88. The van der Waals surface area contributed by atoms with Crippen molar-refractivity contribution < 1.29 is 0 Å². The van der Waals surface area contributed by atoms with Crippen LogP contribution >= 0.6 is 0 Å². The van der Waals surface area contributed by atoms with Crippen molar-refractivity contribution in [3.8, 4) is 0 Å². The summed E-state index contributed by atoms with van der Waals surface area (Å²) in [5.74, 6) is 0. The molecule has 0 atom stereocenters. The quantitative estimate of drug-likeness (QED) is 0.534. The van der Waals surface area contributed by atoms with Crippen molar-refractivity contribution in [3.63, 3.8) is 0 Å². The summed E-state index contributed by atoms with van der Waals surface area (Å²) in [6.07, 6.45) is 8.27. The van der Waals surface area contributed by atoms with Crippen LogP contribution in [-0.2, 0) is 0 Å². The molecular weight excluding hydrogens is 168 g/mol. The SMILES string of the molecule is CCCCC(C)(C)CCCC(C)(C)C. The Hall–Kier alpha value is 0. The van der Waals surface area contributed by atoms with E-state index < -0.39 is 0 Å². The Kier molecular flexibility index (Phi) is 5.78. The van der Waals surface area contributed by atoms with Gasteiger partial charge in [0, 0.05) is 0 Å². The van der Waals surface area contributed by atoms with Crippen molar-refractivity contribution in [2.75, 3.05) is 0 Å². The first-order valence-corrected chi connectivity index (χ1v) is 6.27. The van der Waals surface area contributed by atoms with E-state index in [0.29, 0.717) is 10.8 Å². The van der Waals surface area contributed by atoms with E-state index in [1.54, 1.807) is 0 Å². The van der Waals surface area contributed by atoms with Crippen LogP contribution in [0.15, 0.2) is 0 Å². The summed E-state index contributed by atoms with van der Waals surface area (Å²) in [7, 11) is 0. The Morgan fingerprint density at radius 1 is 0.714 bits per heavy atom. The standard InChI is InChI=1S/C14H30/c1-7-8-11-14(5,6)12-9-10-13(2,3)4/h7-12H2,1-6H3. The van der Waals surface area contributed by atoms with Gasteiger partial charge < -0.3 is 0 Å². The minimum atomic E-state index is 0.515. The molecule has 0 fully saturated rings. The molecule has 0 spiro atoms. The lowest BCUT2D eigenvalue weighted by atomic mass is 9.79. The van der Waals surface area contributed by atoms with Crippen LogP contribution in [0, 0.1) is 10.8 Å². The number of hydrogen-bond donors (Lipinski definition) is 0. The van der Waals surface area contributed by atoms with Gasteiger partial charge in [-0.1, -0.05) is 60.8 Å². The van der Waals surface area contributed by atoms with Crippen molar-refractivity contribution in [3.05, 3.63) is 0 Å². The molecule has 0 rings (SSSR count). The lowest BCUT2D eigenvalue weighted by molar-refractivity contribution is 0.260. The lowest BCUT2D eigenvalue weighted by Crippen LogP contribution is -2.13. The minimum absolute atomic E-state index is 0.515. The van der Waals surface area contributed by atoms with Crippen LogP contribution in [0.2, 0.25) is 0 Å². The van der Waals surface area contributed by atoms with E-state index in [1.165, 1.54) is 38.5 Å². The predicted molar refractivity (Wildman–Crippen MR) is 66.6 cm³/mol. The van der Waals surface area contributed by atoms with Gasteiger partial charge in [-0.25, -0.2) is 0 Å². The van der Waals surface area contributed by atoms with E-state index >= 15 is 0 Å². The Balaban J connectivity index is 3.65. The van der Waals surface area contributed by atoms with Crippen molar-refractivity contribution in [1.29, 1.82) is 0 Å². The molecule has 0 aromatic heterocycles. The highest BCUT2D eigenvalue weighted by Gasteiger charge is 2.18. The van der Waals surface area contributed by atoms with Gasteiger partial charge in [0.05, 0.1) is 0 Å². The molecule has 86 valence electrons. The van der Waals surface area contributed by atoms with Crippen LogP contribution < -0.4 is 0 Å². The lowest BCUT2D eigenvalue weighted by Gasteiger charge is -2.26. The van der Waals surface area contributed by atoms with Gasteiger partial charge in [-0.3, -0.25) is 0 Å².